The van der Waals surface area contributed by atoms with Crippen molar-refractivity contribution >= 4 is 0 Å². The van der Waals surface area contributed by atoms with E-state index in [0.29, 0.717) is 6.42 Å². The smallest absolute Gasteiger partial charge is 0.191 e. The van der Waals surface area contributed by atoms with Crippen LogP contribution in [-0.4, -0.2) is 32.6 Å². The van der Waals surface area contributed by atoms with Gasteiger partial charge in [-0.3, -0.25) is 0 Å². The SMILES string of the molecule is CC(=CCOc1c(F)cccc1F)CC(C(O)C(C)(C)C)n1cncn1. The lowest BCUT2D eigenvalue weighted by Crippen LogP contribution is -2.36. The number of aliphatic hydroxyl groups excluding tert-OH is 1. The van der Waals surface area contributed by atoms with Gasteiger partial charge in [0.2, 0.25) is 0 Å². The lowest BCUT2D eigenvalue weighted by Gasteiger charge is -2.33. The second-order valence-corrected chi connectivity index (χ2v) is 7.37. The van der Waals surface area contributed by atoms with Gasteiger partial charge in [0, 0.05) is 0 Å². The number of hydrogen-bond donors (Lipinski definition) is 1. The number of nitrogens with zero attached hydrogens (tertiary/aromatic N) is 3. The van der Waals surface area contributed by atoms with Crippen LogP contribution < -0.4 is 4.74 Å². The van der Waals surface area contributed by atoms with Crippen molar-refractivity contribution < 1.29 is 18.6 Å². The molecule has 0 amide bonds. The minimum atomic E-state index is -0.736. The molecule has 2 aromatic rings. The average Bonchev–Trinajstić information content (AvgIpc) is 3.08. The second kappa shape index (κ2) is 8.40. The molecule has 7 heteroatoms. The predicted octanol–water partition coefficient (Wildman–Crippen LogP) is 3.92. The molecule has 1 aromatic carbocycles. The number of ether oxygens (including phenoxy) is 1. The summed E-state index contributed by atoms with van der Waals surface area (Å²) in [6, 6.07) is 3.28. The standard InChI is InChI=1S/C19H25F2N3O2/c1-13(8-9-26-17-14(20)6-5-7-15(17)21)10-16(18(25)19(2,3)4)24-12-22-11-23-24/h5-8,11-12,16,18,25H,9-10H2,1-4H3. The van der Waals surface area contributed by atoms with E-state index >= 15 is 0 Å². The van der Waals surface area contributed by atoms with Gasteiger partial charge in [0.1, 0.15) is 19.3 Å². The minimum absolute atomic E-state index is 0.0272. The number of rotatable bonds is 7. The van der Waals surface area contributed by atoms with Crippen LogP contribution in [-0.2, 0) is 0 Å². The molecular weight excluding hydrogens is 340 g/mol. The first-order valence-corrected chi connectivity index (χ1v) is 8.44. The maximum absolute atomic E-state index is 13.6. The maximum atomic E-state index is 13.6. The van der Waals surface area contributed by atoms with Crippen LogP contribution in [0, 0.1) is 17.0 Å². The van der Waals surface area contributed by atoms with E-state index in [0.717, 1.165) is 17.7 Å². The van der Waals surface area contributed by atoms with E-state index in [1.807, 2.05) is 27.7 Å². The molecule has 0 aliphatic rings. The molecule has 0 spiro atoms. The van der Waals surface area contributed by atoms with Gasteiger partial charge in [-0.1, -0.05) is 32.4 Å². The number of benzene rings is 1. The molecule has 0 saturated carbocycles. The first kappa shape index (κ1) is 20.0. The summed E-state index contributed by atoms with van der Waals surface area (Å²) >= 11 is 0. The van der Waals surface area contributed by atoms with Gasteiger partial charge < -0.3 is 9.84 Å². The van der Waals surface area contributed by atoms with Crippen molar-refractivity contribution in [2.45, 2.75) is 46.3 Å². The van der Waals surface area contributed by atoms with Crippen LogP contribution in [0.4, 0.5) is 8.78 Å². The highest BCUT2D eigenvalue weighted by molar-refractivity contribution is 5.26. The van der Waals surface area contributed by atoms with Gasteiger partial charge >= 0.3 is 0 Å². The van der Waals surface area contributed by atoms with E-state index in [1.165, 1.54) is 12.4 Å². The van der Waals surface area contributed by atoms with Gasteiger partial charge in [0.05, 0.1) is 12.1 Å². The van der Waals surface area contributed by atoms with Crippen molar-refractivity contribution in [2.75, 3.05) is 6.61 Å². The minimum Gasteiger partial charge on any atom is -0.483 e. The van der Waals surface area contributed by atoms with Crippen molar-refractivity contribution in [3.05, 3.63) is 54.1 Å². The predicted molar refractivity (Wildman–Crippen MR) is 94.7 cm³/mol. The Kier molecular flexibility index (Phi) is 6.47. The Morgan fingerprint density at radius 2 is 1.96 bits per heavy atom. The van der Waals surface area contributed by atoms with E-state index in [-0.39, 0.29) is 23.8 Å². The van der Waals surface area contributed by atoms with E-state index in [4.69, 9.17) is 4.74 Å². The maximum Gasteiger partial charge on any atom is 0.191 e. The molecule has 0 fully saturated rings. The zero-order chi connectivity index (χ0) is 19.3. The van der Waals surface area contributed by atoms with Gasteiger partial charge in [-0.25, -0.2) is 18.4 Å². The highest BCUT2D eigenvalue weighted by Crippen LogP contribution is 2.31. The van der Waals surface area contributed by atoms with Gasteiger partial charge in [0.15, 0.2) is 17.4 Å². The summed E-state index contributed by atoms with van der Waals surface area (Å²) in [4.78, 5) is 3.95. The summed E-state index contributed by atoms with van der Waals surface area (Å²) in [5.74, 6) is -1.86. The fraction of sp³-hybridized carbons (Fsp3) is 0.474. The average molecular weight is 365 g/mol. The quantitative estimate of drug-likeness (QED) is 0.756. The topological polar surface area (TPSA) is 60.2 Å². The van der Waals surface area contributed by atoms with E-state index in [1.54, 1.807) is 17.1 Å². The summed E-state index contributed by atoms with van der Waals surface area (Å²) in [6.07, 6.45) is 4.58. The molecule has 5 nitrogen and oxygen atoms in total. The van der Waals surface area contributed by atoms with Gasteiger partial charge in [-0.2, -0.15) is 5.10 Å². The van der Waals surface area contributed by atoms with Crippen molar-refractivity contribution in [1.29, 1.82) is 0 Å². The molecule has 0 saturated heterocycles. The monoisotopic (exact) mass is 365 g/mol. The fourth-order valence-corrected chi connectivity index (χ4v) is 2.62. The third kappa shape index (κ3) is 5.11. The Bertz CT molecular complexity index is 719. The first-order valence-electron chi connectivity index (χ1n) is 8.44. The Labute approximate surface area is 152 Å². The third-order valence-electron chi connectivity index (χ3n) is 4.14. The number of aromatic nitrogens is 3. The van der Waals surface area contributed by atoms with Gasteiger partial charge in [0.25, 0.3) is 0 Å². The van der Waals surface area contributed by atoms with Crippen molar-refractivity contribution in [3.63, 3.8) is 0 Å². The number of allylic oxidation sites excluding steroid dienone is 1. The third-order valence-corrected chi connectivity index (χ3v) is 4.14. The van der Waals surface area contributed by atoms with Crippen LogP contribution in [0.2, 0.25) is 0 Å². The molecule has 1 heterocycles. The lowest BCUT2D eigenvalue weighted by molar-refractivity contribution is 0.0124. The Hall–Kier alpha value is -2.28. The second-order valence-electron chi connectivity index (χ2n) is 7.37. The summed E-state index contributed by atoms with van der Waals surface area (Å²) < 4.78 is 34.0. The Balaban J connectivity index is 2.07. The molecule has 26 heavy (non-hydrogen) atoms. The first-order chi connectivity index (χ1) is 12.2. The van der Waals surface area contributed by atoms with Gasteiger partial charge in [-0.15, -0.1) is 0 Å². The molecule has 0 aliphatic heterocycles. The molecule has 1 N–H and O–H groups in total. The zero-order valence-corrected chi connectivity index (χ0v) is 15.5. The van der Waals surface area contributed by atoms with E-state index < -0.39 is 17.7 Å². The molecule has 2 unspecified atom stereocenters. The number of para-hydroxylation sites is 1. The fourth-order valence-electron chi connectivity index (χ4n) is 2.62. The molecule has 142 valence electrons. The lowest BCUT2D eigenvalue weighted by atomic mass is 9.82. The number of hydrogen-bond acceptors (Lipinski definition) is 4. The molecule has 1 aromatic heterocycles. The molecule has 0 bridgehead atoms. The molecular formula is C19H25F2N3O2. The molecule has 0 aliphatic carbocycles. The van der Waals surface area contributed by atoms with Crippen LogP contribution in [0.15, 0.2) is 42.5 Å². The van der Waals surface area contributed by atoms with Crippen LogP contribution in [0.5, 0.6) is 5.75 Å². The Morgan fingerprint density at radius 1 is 1.31 bits per heavy atom. The van der Waals surface area contributed by atoms with E-state index in [2.05, 4.69) is 10.1 Å². The summed E-state index contributed by atoms with van der Waals surface area (Å²) in [5, 5.41) is 14.8. The van der Waals surface area contributed by atoms with E-state index in [9.17, 15) is 13.9 Å². The normalized spacial score (nSPS) is 15.0. The van der Waals surface area contributed by atoms with Crippen molar-refractivity contribution in [3.8, 4) is 5.75 Å². The molecule has 2 rings (SSSR count). The molecule has 0 radical (unpaired) electrons. The highest BCUT2D eigenvalue weighted by atomic mass is 19.1. The van der Waals surface area contributed by atoms with Gasteiger partial charge in [-0.05, 0) is 37.0 Å². The van der Waals surface area contributed by atoms with Crippen molar-refractivity contribution in [2.24, 2.45) is 5.41 Å². The molecule has 2 atom stereocenters. The van der Waals surface area contributed by atoms with Crippen LogP contribution in [0.1, 0.15) is 40.2 Å². The largest absolute Gasteiger partial charge is 0.483 e. The summed E-state index contributed by atoms with van der Waals surface area (Å²) in [6.45, 7) is 7.75. The number of aliphatic hydroxyl groups is 1. The summed E-state index contributed by atoms with van der Waals surface area (Å²) in [5.41, 5.74) is 0.564. The summed E-state index contributed by atoms with van der Waals surface area (Å²) in [7, 11) is 0. The van der Waals surface area contributed by atoms with Crippen LogP contribution >= 0.6 is 0 Å². The van der Waals surface area contributed by atoms with Crippen LogP contribution in [0.25, 0.3) is 0 Å². The van der Waals surface area contributed by atoms with Crippen molar-refractivity contribution in [1.82, 2.24) is 14.8 Å². The Morgan fingerprint density at radius 3 is 2.50 bits per heavy atom. The van der Waals surface area contributed by atoms with Crippen LogP contribution in [0.3, 0.4) is 0 Å². The highest BCUT2D eigenvalue weighted by Gasteiger charge is 2.32. The number of halogens is 2. The zero-order valence-electron chi connectivity index (χ0n) is 15.5.